The van der Waals surface area contributed by atoms with Gasteiger partial charge in [-0.25, -0.2) is 4.98 Å². The molecule has 2 fully saturated rings. The van der Waals surface area contributed by atoms with E-state index in [9.17, 15) is 9.59 Å². The molecule has 0 atom stereocenters. The molecule has 0 spiro atoms. The van der Waals surface area contributed by atoms with Crippen LogP contribution < -0.4 is 10.1 Å². The van der Waals surface area contributed by atoms with Crippen molar-refractivity contribution >= 4 is 28.8 Å². The van der Waals surface area contributed by atoms with Gasteiger partial charge >= 0.3 is 0 Å². The third kappa shape index (κ3) is 4.30. The lowest BCUT2D eigenvalue weighted by Gasteiger charge is -2.31. The molecule has 1 saturated heterocycles. The van der Waals surface area contributed by atoms with Crippen molar-refractivity contribution in [3.8, 4) is 5.88 Å². The first-order chi connectivity index (χ1) is 13.2. The second-order valence-corrected chi connectivity index (χ2v) is 8.04. The van der Waals surface area contributed by atoms with E-state index < -0.39 is 0 Å². The van der Waals surface area contributed by atoms with Crippen molar-refractivity contribution < 1.29 is 14.3 Å². The lowest BCUT2D eigenvalue weighted by atomic mass is 9.85. The molecule has 6 nitrogen and oxygen atoms in total. The molecule has 27 heavy (non-hydrogen) atoms. The van der Waals surface area contributed by atoms with E-state index in [-0.39, 0.29) is 23.8 Å². The second kappa shape index (κ2) is 8.08. The van der Waals surface area contributed by atoms with Crippen molar-refractivity contribution in [2.45, 2.75) is 38.2 Å². The van der Waals surface area contributed by atoms with E-state index in [1.54, 1.807) is 12.3 Å². The SMILES string of the molecule is O=C(Nc1ccc(OC2CCN(C(=O)c3cccs3)CC2)nc1)C1CCC1. The van der Waals surface area contributed by atoms with Crippen LogP contribution in [0.25, 0.3) is 0 Å². The van der Waals surface area contributed by atoms with Crippen LogP contribution in [0.2, 0.25) is 0 Å². The molecule has 1 aliphatic heterocycles. The molecular formula is C20H23N3O3S. The van der Waals surface area contributed by atoms with Crippen LogP contribution in [0.4, 0.5) is 5.69 Å². The van der Waals surface area contributed by atoms with Crippen molar-refractivity contribution in [1.82, 2.24) is 9.88 Å². The molecule has 0 radical (unpaired) electrons. The Morgan fingerprint density at radius 2 is 1.96 bits per heavy atom. The summed E-state index contributed by atoms with van der Waals surface area (Å²) in [5.74, 6) is 0.898. The smallest absolute Gasteiger partial charge is 0.263 e. The van der Waals surface area contributed by atoms with Gasteiger partial charge in [-0.1, -0.05) is 12.5 Å². The summed E-state index contributed by atoms with van der Waals surface area (Å²) < 4.78 is 5.95. The number of pyridine rings is 1. The number of aromatic nitrogens is 1. The summed E-state index contributed by atoms with van der Waals surface area (Å²) >= 11 is 1.48. The molecule has 2 amide bonds. The van der Waals surface area contributed by atoms with Crippen LogP contribution in [0.3, 0.4) is 0 Å². The van der Waals surface area contributed by atoms with Crippen LogP contribution in [0.15, 0.2) is 35.8 Å². The van der Waals surface area contributed by atoms with Gasteiger partial charge in [-0.05, 0) is 30.4 Å². The van der Waals surface area contributed by atoms with Gasteiger partial charge in [0.1, 0.15) is 6.10 Å². The van der Waals surface area contributed by atoms with E-state index in [1.165, 1.54) is 11.3 Å². The van der Waals surface area contributed by atoms with Crippen molar-refractivity contribution in [3.05, 3.63) is 40.7 Å². The number of carbonyl (C=O) groups is 2. The maximum atomic E-state index is 12.4. The molecule has 2 aromatic heterocycles. The highest BCUT2D eigenvalue weighted by atomic mass is 32.1. The Morgan fingerprint density at radius 1 is 1.15 bits per heavy atom. The largest absolute Gasteiger partial charge is 0.474 e. The number of anilines is 1. The molecule has 0 aromatic carbocycles. The van der Waals surface area contributed by atoms with Crippen molar-refractivity contribution in [2.75, 3.05) is 18.4 Å². The summed E-state index contributed by atoms with van der Waals surface area (Å²) in [7, 11) is 0. The Balaban J connectivity index is 1.25. The van der Waals surface area contributed by atoms with Gasteiger partial charge in [0.05, 0.1) is 16.8 Å². The van der Waals surface area contributed by atoms with Crippen LogP contribution in [0, 0.1) is 5.92 Å². The number of thiophene rings is 1. The van der Waals surface area contributed by atoms with Crippen LogP contribution in [-0.2, 0) is 4.79 Å². The first-order valence-electron chi connectivity index (χ1n) is 9.45. The van der Waals surface area contributed by atoms with E-state index >= 15 is 0 Å². The lowest BCUT2D eigenvalue weighted by Crippen LogP contribution is -2.41. The highest BCUT2D eigenvalue weighted by molar-refractivity contribution is 7.12. The van der Waals surface area contributed by atoms with E-state index in [0.717, 1.165) is 37.0 Å². The number of nitrogens with zero attached hydrogens (tertiary/aromatic N) is 2. The Labute approximate surface area is 162 Å². The Kier molecular flexibility index (Phi) is 5.38. The maximum absolute atomic E-state index is 12.4. The summed E-state index contributed by atoms with van der Waals surface area (Å²) in [4.78, 5) is 31.3. The van der Waals surface area contributed by atoms with Crippen LogP contribution >= 0.6 is 11.3 Å². The second-order valence-electron chi connectivity index (χ2n) is 7.09. The third-order valence-electron chi connectivity index (χ3n) is 5.23. The minimum atomic E-state index is 0.0558. The summed E-state index contributed by atoms with van der Waals surface area (Å²) in [6.07, 6.45) is 6.38. The summed E-state index contributed by atoms with van der Waals surface area (Å²) in [5.41, 5.74) is 0.704. The minimum Gasteiger partial charge on any atom is -0.474 e. The average Bonchev–Trinajstić information content (AvgIpc) is 3.17. The van der Waals surface area contributed by atoms with Gasteiger partial charge in [-0.15, -0.1) is 11.3 Å². The normalized spacial score (nSPS) is 18.0. The van der Waals surface area contributed by atoms with Gasteiger partial charge in [-0.2, -0.15) is 0 Å². The molecule has 0 bridgehead atoms. The number of hydrogen-bond donors (Lipinski definition) is 1. The zero-order valence-corrected chi connectivity index (χ0v) is 15.9. The van der Waals surface area contributed by atoms with Crippen molar-refractivity contribution in [3.63, 3.8) is 0 Å². The standard InChI is InChI=1S/C20H23N3O3S/c24-19(14-3-1-4-14)22-15-6-7-18(21-13-15)26-16-8-10-23(11-9-16)20(25)17-5-2-12-27-17/h2,5-7,12-14,16H,1,3-4,8-11H2,(H,22,24). The number of piperidine rings is 1. The van der Waals surface area contributed by atoms with E-state index in [0.29, 0.717) is 24.7 Å². The Bertz CT molecular complexity index is 779. The van der Waals surface area contributed by atoms with Gasteiger partial charge in [0.25, 0.3) is 5.91 Å². The van der Waals surface area contributed by atoms with Gasteiger partial charge < -0.3 is 15.0 Å². The molecule has 3 heterocycles. The molecule has 4 rings (SSSR count). The number of likely N-dealkylation sites (tertiary alicyclic amines) is 1. The predicted octanol–water partition coefficient (Wildman–Crippen LogP) is 3.57. The van der Waals surface area contributed by atoms with Gasteiger partial charge in [0.2, 0.25) is 11.8 Å². The van der Waals surface area contributed by atoms with Crippen LogP contribution in [0.5, 0.6) is 5.88 Å². The molecule has 1 saturated carbocycles. The Hall–Kier alpha value is -2.41. The molecule has 1 N–H and O–H groups in total. The molecule has 142 valence electrons. The van der Waals surface area contributed by atoms with Crippen molar-refractivity contribution in [2.24, 2.45) is 5.92 Å². The van der Waals surface area contributed by atoms with E-state index in [4.69, 9.17) is 4.74 Å². The molecule has 2 aliphatic rings. The fourth-order valence-corrected chi connectivity index (χ4v) is 4.03. The molecule has 7 heteroatoms. The monoisotopic (exact) mass is 385 g/mol. The highest BCUT2D eigenvalue weighted by Gasteiger charge is 2.26. The fraction of sp³-hybridized carbons (Fsp3) is 0.450. The highest BCUT2D eigenvalue weighted by Crippen LogP contribution is 2.28. The molecule has 2 aromatic rings. The number of nitrogens with one attached hydrogen (secondary N) is 1. The first-order valence-corrected chi connectivity index (χ1v) is 10.3. The topological polar surface area (TPSA) is 71.5 Å². The third-order valence-corrected chi connectivity index (χ3v) is 6.09. The first kappa shape index (κ1) is 18.0. The summed E-state index contributed by atoms with van der Waals surface area (Å²) in [6, 6.07) is 7.39. The van der Waals surface area contributed by atoms with Crippen LogP contribution in [0.1, 0.15) is 41.8 Å². The van der Waals surface area contributed by atoms with Crippen LogP contribution in [-0.4, -0.2) is 40.9 Å². The van der Waals surface area contributed by atoms with E-state index in [1.807, 2.05) is 28.5 Å². The van der Waals surface area contributed by atoms with Gasteiger partial charge in [0.15, 0.2) is 0 Å². The number of hydrogen-bond acceptors (Lipinski definition) is 5. The number of amides is 2. The van der Waals surface area contributed by atoms with Crippen molar-refractivity contribution in [1.29, 1.82) is 0 Å². The molecular weight excluding hydrogens is 362 g/mol. The number of ether oxygens (including phenoxy) is 1. The van der Waals surface area contributed by atoms with Gasteiger partial charge in [-0.3, -0.25) is 9.59 Å². The average molecular weight is 385 g/mol. The number of rotatable bonds is 5. The zero-order valence-electron chi connectivity index (χ0n) is 15.1. The van der Waals surface area contributed by atoms with Gasteiger partial charge in [0, 0.05) is 37.9 Å². The maximum Gasteiger partial charge on any atom is 0.263 e. The summed E-state index contributed by atoms with van der Waals surface area (Å²) in [5, 5.41) is 4.83. The quantitative estimate of drug-likeness (QED) is 0.854. The minimum absolute atomic E-state index is 0.0558. The molecule has 1 aliphatic carbocycles. The molecule has 0 unspecified atom stereocenters. The van der Waals surface area contributed by atoms with E-state index in [2.05, 4.69) is 10.3 Å². The number of carbonyl (C=O) groups excluding carboxylic acids is 2. The zero-order chi connectivity index (χ0) is 18.6. The fourth-order valence-electron chi connectivity index (χ4n) is 3.34. The Morgan fingerprint density at radius 3 is 2.56 bits per heavy atom. The predicted molar refractivity (Wildman–Crippen MR) is 104 cm³/mol. The summed E-state index contributed by atoms with van der Waals surface area (Å²) in [6.45, 7) is 1.38. The lowest BCUT2D eigenvalue weighted by molar-refractivity contribution is -0.122.